The minimum Gasteiger partial charge on any atom is -0.372 e. The SMILES string of the molecule is Cc1ccc(C(NC(=O)CN2CCN(CCCOCC(F)(F)F)CC2)c2cccs2)cc1. The van der Waals surface area contributed by atoms with Crippen molar-refractivity contribution in [1.29, 1.82) is 0 Å². The topological polar surface area (TPSA) is 44.8 Å². The van der Waals surface area contributed by atoms with Gasteiger partial charge in [-0.3, -0.25) is 9.69 Å². The van der Waals surface area contributed by atoms with Crippen LogP contribution in [0.1, 0.15) is 28.5 Å². The summed E-state index contributed by atoms with van der Waals surface area (Å²) in [5.41, 5.74) is 2.23. The average Bonchev–Trinajstić information content (AvgIpc) is 3.27. The number of benzene rings is 1. The van der Waals surface area contributed by atoms with Crippen molar-refractivity contribution in [2.24, 2.45) is 0 Å². The van der Waals surface area contributed by atoms with Crippen LogP contribution in [0.5, 0.6) is 0 Å². The van der Waals surface area contributed by atoms with Crippen molar-refractivity contribution in [3.63, 3.8) is 0 Å². The molecule has 1 saturated heterocycles. The highest BCUT2D eigenvalue weighted by atomic mass is 32.1. The van der Waals surface area contributed by atoms with E-state index in [0.29, 0.717) is 19.5 Å². The molecule has 1 aliphatic rings. The molecule has 1 aliphatic heterocycles. The Balaban J connectivity index is 1.41. The van der Waals surface area contributed by atoms with E-state index in [-0.39, 0.29) is 18.6 Å². The van der Waals surface area contributed by atoms with Gasteiger partial charge < -0.3 is 15.0 Å². The lowest BCUT2D eigenvalue weighted by molar-refractivity contribution is -0.174. The van der Waals surface area contributed by atoms with E-state index in [1.807, 2.05) is 24.4 Å². The fourth-order valence-electron chi connectivity index (χ4n) is 3.69. The van der Waals surface area contributed by atoms with Gasteiger partial charge in [-0.15, -0.1) is 11.3 Å². The van der Waals surface area contributed by atoms with Crippen molar-refractivity contribution >= 4 is 17.2 Å². The monoisotopic (exact) mass is 469 g/mol. The first-order chi connectivity index (χ1) is 15.3. The lowest BCUT2D eigenvalue weighted by Gasteiger charge is -2.34. The van der Waals surface area contributed by atoms with Gasteiger partial charge in [-0.05, 0) is 30.4 Å². The first kappa shape index (κ1) is 24.7. The molecule has 9 heteroatoms. The lowest BCUT2D eigenvalue weighted by Crippen LogP contribution is -2.50. The van der Waals surface area contributed by atoms with Gasteiger partial charge in [-0.1, -0.05) is 35.9 Å². The fraction of sp³-hybridized carbons (Fsp3) is 0.522. The Bertz CT molecular complexity index is 820. The maximum absolute atomic E-state index is 12.8. The zero-order valence-corrected chi connectivity index (χ0v) is 19.1. The minimum atomic E-state index is -4.27. The van der Waals surface area contributed by atoms with Crippen LogP contribution in [0.3, 0.4) is 0 Å². The molecular weight excluding hydrogens is 439 g/mol. The van der Waals surface area contributed by atoms with E-state index in [2.05, 4.69) is 44.1 Å². The van der Waals surface area contributed by atoms with Crippen molar-refractivity contribution in [2.45, 2.75) is 25.6 Å². The second-order valence-electron chi connectivity index (χ2n) is 8.07. The third-order valence-electron chi connectivity index (χ3n) is 5.40. The molecule has 0 radical (unpaired) electrons. The van der Waals surface area contributed by atoms with E-state index in [1.165, 1.54) is 5.56 Å². The smallest absolute Gasteiger partial charge is 0.372 e. The molecule has 2 aromatic rings. The van der Waals surface area contributed by atoms with E-state index < -0.39 is 12.8 Å². The van der Waals surface area contributed by atoms with Crippen LogP contribution in [0, 0.1) is 6.92 Å². The van der Waals surface area contributed by atoms with Gasteiger partial charge in [0.25, 0.3) is 0 Å². The number of ether oxygens (including phenoxy) is 1. The van der Waals surface area contributed by atoms with E-state index in [0.717, 1.165) is 36.6 Å². The quantitative estimate of drug-likeness (QED) is 0.537. The second kappa shape index (κ2) is 11.8. The highest BCUT2D eigenvalue weighted by Crippen LogP contribution is 2.26. The number of carbonyl (C=O) groups is 1. The number of amides is 1. The predicted molar refractivity (Wildman–Crippen MR) is 120 cm³/mol. The minimum absolute atomic E-state index is 0.0158. The first-order valence-corrected chi connectivity index (χ1v) is 11.7. The molecule has 1 aromatic heterocycles. The van der Waals surface area contributed by atoms with Crippen LogP contribution in [0.2, 0.25) is 0 Å². The third-order valence-corrected chi connectivity index (χ3v) is 6.34. The molecule has 0 bridgehead atoms. The number of thiophene rings is 1. The second-order valence-corrected chi connectivity index (χ2v) is 9.05. The summed E-state index contributed by atoms with van der Waals surface area (Å²) >= 11 is 1.62. The molecule has 1 amide bonds. The summed E-state index contributed by atoms with van der Waals surface area (Å²) in [6, 6.07) is 12.1. The van der Waals surface area contributed by atoms with Crippen LogP contribution in [0.4, 0.5) is 13.2 Å². The summed E-state index contributed by atoms with van der Waals surface area (Å²) in [6.07, 6.45) is -3.70. The molecule has 1 unspecified atom stereocenters. The lowest BCUT2D eigenvalue weighted by atomic mass is 10.0. The van der Waals surface area contributed by atoms with E-state index in [9.17, 15) is 18.0 Å². The Labute approximate surface area is 191 Å². The number of hydrogen-bond donors (Lipinski definition) is 1. The summed E-state index contributed by atoms with van der Waals surface area (Å²) in [7, 11) is 0. The van der Waals surface area contributed by atoms with Gasteiger partial charge in [0.05, 0.1) is 12.6 Å². The summed E-state index contributed by atoms with van der Waals surface area (Å²) in [4.78, 5) is 18.2. The fourth-order valence-corrected chi connectivity index (χ4v) is 4.49. The van der Waals surface area contributed by atoms with Crippen molar-refractivity contribution < 1.29 is 22.7 Å². The molecule has 1 N–H and O–H groups in total. The number of hydrogen-bond acceptors (Lipinski definition) is 5. The molecule has 176 valence electrons. The van der Waals surface area contributed by atoms with Gasteiger partial charge in [0.15, 0.2) is 0 Å². The Hall–Kier alpha value is -1.94. The summed E-state index contributed by atoms with van der Waals surface area (Å²) in [5.74, 6) is -0.0158. The van der Waals surface area contributed by atoms with Crippen LogP contribution >= 0.6 is 11.3 Å². The maximum atomic E-state index is 12.8. The number of piperazine rings is 1. The van der Waals surface area contributed by atoms with E-state index in [1.54, 1.807) is 11.3 Å². The third kappa shape index (κ3) is 8.20. The van der Waals surface area contributed by atoms with Crippen molar-refractivity contribution in [1.82, 2.24) is 15.1 Å². The van der Waals surface area contributed by atoms with Crippen molar-refractivity contribution in [3.05, 3.63) is 57.8 Å². The van der Waals surface area contributed by atoms with Gasteiger partial charge in [0.2, 0.25) is 5.91 Å². The molecule has 1 aromatic carbocycles. The Morgan fingerprint density at radius 3 is 2.44 bits per heavy atom. The molecular formula is C23H30F3N3O2S. The van der Waals surface area contributed by atoms with Gasteiger partial charge in [-0.25, -0.2) is 0 Å². The van der Waals surface area contributed by atoms with Crippen LogP contribution in [-0.4, -0.2) is 74.4 Å². The summed E-state index contributed by atoms with van der Waals surface area (Å²) < 4.78 is 40.9. The van der Waals surface area contributed by atoms with Crippen LogP contribution in [-0.2, 0) is 9.53 Å². The number of halogens is 3. The molecule has 0 spiro atoms. The molecule has 0 saturated carbocycles. The largest absolute Gasteiger partial charge is 0.411 e. The normalized spacial score (nSPS) is 16.8. The Kier molecular flexibility index (Phi) is 9.10. The Morgan fingerprint density at radius 2 is 1.81 bits per heavy atom. The molecule has 2 heterocycles. The summed E-state index contributed by atoms with van der Waals surface area (Å²) in [5, 5.41) is 5.19. The van der Waals surface area contributed by atoms with Crippen molar-refractivity contribution in [2.75, 3.05) is 52.5 Å². The van der Waals surface area contributed by atoms with Crippen LogP contribution in [0.25, 0.3) is 0 Å². The van der Waals surface area contributed by atoms with Gasteiger partial charge in [0, 0.05) is 44.2 Å². The van der Waals surface area contributed by atoms with E-state index in [4.69, 9.17) is 0 Å². The molecule has 5 nitrogen and oxygen atoms in total. The number of nitrogens with zero attached hydrogens (tertiary/aromatic N) is 2. The molecule has 0 aliphatic carbocycles. The van der Waals surface area contributed by atoms with Crippen molar-refractivity contribution in [3.8, 4) is 0 Å². The first-order valence-electron chi connectivity index (χ1n) is 10.8. The van der Waals surface area contributed by atoms with E-state index >= 15 is 0 Å². The molecule has 1 atom stereocenters. The molecule has 32 heavy (non-hydrogen) atoms. The molecule has 1 fully saturated rings. The highest BCUT2D eigenvalue weighted by molar-refractivity contribution is 7.10. The van der Waals surface area contributed by atoms with Crippen LogP contribution in [0.15, 0.2) is 41.8 Å². The highest BCUT2D eigenvalue weighted by Gasteiger charge is 2.27. The standard InChI is InChI=1S/C23H30F3N3O2S/c1-18-5-7-19(8-6-18)22(20-4-2-15-32-20)27-21(30)16-29-12-10-28(11-13-29)9-3-14-31-17-23(24,25)26/h2,4-8,15,22H,3,9-14,16-17H2,1H3,(H,27,30). The zero-order chi connectivity index (χ0) is 23.0. The van der Waals surface area contributed by atoms with Crippen LogP contribution < -0.4 is 5.32 Å². The zero-order valence-electron chi connectivity index (χ0n) is 18.2. The molecule has 3 rings (SSSR count). The average molecular weight is 470 g/mol. The number of aryl methyl sites for hydroxylation is 1. The van der Waals surface area contributed by atoms with Gasteiger partial charge in [-0.2, -0.15) is 13.2 Å². The number of nitrogens with one attached hydrogen (secondary N) is 1. The van der Waals surface area contributed by atoms with Gasteiger partial charge in [0.1, 0.15) is 6.61 Å². The Morgan fingerprint density at radius 1 is 1.12 bits per heavy atom. The maximum Gasteiger partial charge on any atom is 0.411 e. The van der Waals surface area contributed by atoms with Gasteiger partial charge >= 0.3 is 6.18 Å². The number of alkyl halides is 3. The number of carbonyl (C=O) groups excluding carboxylic acids is 1. The predicted octanol–water partition coefficient (Wildman–Crippen LogP) is 3.85. The number of rotatable bonds is 10. The summed E-state index contributed by atoms with van der Waals surface area (Å²) in [6.45, 7) is 5.07.